The number of aryl methyl sites for hydroxylation is 1. The molecule has 2 aromatic rings. The van der Waals surface area contributed by atoms with Crippen molar-refractivity contribution in [1.29, 1.82) is 0 Å². The van der Waals surface area contributed by atoms with E-state index in [1.54, 1.807) is 6.92 Å². The predicted molar refractivity (Wildman–Crippen MR) is 50.5 cm³/mol. The van der Waals surface area contributed by atoms with E-state index >= 15 is 0 Å². The first-order chi connectivity index (χ1) is 7.08. The first kappa shape index (κ1) is 9.65. The SMILES string of the molecule is Cc1nc(NS(=O)(=O)c2cn[nH]c2)n[nH]1. The third-order valence-electron chi connectivity index (χ3n) is 1.61. The monoisotopic (exact) mass is 228 g/mol. The van der Waals surface area contributed by atoms with Gasteiger partial charge >= 0.3 is 0 Å². The van der Waals surface area contributed by atoms with Crippen molar-refractivity contribution in [3.8, 4) is 0 Å². The standard InChI is InChI=1S/C6H8N6O2S/c1-4-9-6(11-10-4)12-15(13,14)5-2-7-8-3-5/h2-3H,1H3,(H,7,8)(H2,9,10,11,12). The highest BCUT2D eigenvalue weighted by atomic mass is 32.2. The number of hydrogen-bond donors (Lipinski definition) is 3. The molecule has 0 amide bonds. The van der Waals surface area contributed by atoms with Gasteiger partial charge in [0.25, 0.3) is 16.0 Å². The highest BCUT2D eigenvalue weighted by molar-refractivity contribution is 7.92. The Morgan fingerprint density at radius 2 is 2.27 bits per heavy atom. The van der Waals surface area contributed by atoms with Gasteiger partial charge in [-0.05, 0) is 6.92 Å². The zero-order valence-corrected chi connectivity index (χ0v) is 8.54. The number of nitrogens with zero attached hydrogens (tertiary/aromatic N) is 3. The van der Waals surface area contributed by atoms with Gasteiger partial charge in [-0.1, -0.05) is 0 Å². The normalized spacial score (nSPS) is 11.5. The second kappa shape index (κ2) is 3.35. The summed E-state index contributed by atoms with van der Waals surface area (Å²) in [5.74, 6) is 0.536. The molecule has 0 aliphatic rings. The van der Waals surface area contributed by atoms with Crippen molar-refractivity contribution in [3.05, 3.63) is 18.2 Å². The fourth-order valence-electron chi connectivity index (χ4n) is 0.953. The molecule has 0 saturated heterocycles. The van der Waals surface area contributed by atoms with E-state index in [2.05, 4.69) is 30.1 Å². The van der Waals surface area contributed by atoms with Crippen molar-refractivity contribution >= 4 is 16.0 Å². The van der Waals surface area contributed by atoms with E-state index in [0.29, 0.717) is 5.82 Å². The number of hydrogen-bond acceptors (Lipinski definition) is 5. The maximum atomic E-state index is 11.6. The van der Waals surface area contributed by atoms with Crippen LogP contribution in [0.25, 0.3) is 0 Å². The minimum atomic E-state index is -3.65. The topological polar surface area (TPSA) is 116 Å². The number of sulfonamides is 1. The molecule has 15 heavy (non-hydrogen) atoms. The Bertz CT molecular complexity index is 542. The summed E-state index contributed by atoms with van der Waals surface area (Å²) in [6.07, 6.45) is 2.46. The third kappa shape index (κ3) is 1.96. The Morgan fingerprint density at radius 1 is 1.47 bits per heavy atom. The minimum absolute atomic E-state index is 0.00806. The summed E-state index contributed by atoms with van der Waals surface area (Å²) in [6, 6.07) is 0. The molecule has 3 N–H and O–H groups in total. The lowest BCUT2D eigenvalue weighted by Gasteiger charge is -1.99. The molecule has 2 rings (SSSR count). The summed E-state index contributed by atoms with van der Waals surface area (Å²) in [6.45, 7) is 1.67. The van der Waals surface area contributed by atoms with Crippen LogP contribution in [0.3, 0.4) is 0 Å². The molecule has 0 bridgehead atoms. The number of H-pyrrole nitrogens is 2. The summed E-state index contributed by atoms with van der Waals surface area (Å²) < 4.78 is 25.4. The first-order valence-electron chi connectivity index (χ1n) is 3.98. The molecular formula is C6H8N6O2S. The molecule has 2 aromatic heterocycles. The Hall–Kier alpha value is -1.90. The maximum Gasteiger partial charge on any atom is 0.267 e. The lowest BCUT2D eigenvalue weighted by molar-refractivity contribution is 0.601. The van der Waals surface area contributed by atoms with Gasteiger partial charge in [0.2, 0.25) is 0 Å². The van der Waals surface area contributed by atoms with Gasteiger partial charge < -0.3 is 0 Å². The highest BCUT2D eigenvalue weighted by Crippen LogP contribution is 2.09. The molecule has 0 aliphatic heterocycles. The van der Waals surface area contributed by atoms with Crippen molar-refractivity contribution in [3.63, 3.8) is 0 Å². The molecule has 0 aromatic carbocycles. The fraction of sp³-hybridized carbons (Fsp3) is 0.167. The Kier molecular flexibility index (Phi) is 2.15. The van der Waals surface area contributed by atoms with Crippen LogP contribution in [0, 0.1) is 6.92 Å². The van der Waals surface area contributed by atoms with Crippen LogP contribution >= 0.6 is 0 Å². The van der Waals surface area contributed by atoms with E-state index in [4.69, 9.17) is 0 Å². The molecule has 0 spiro atoms. The van der Waals surface area contributed by atoms with Crippen LogP contribution < -0.4 is 4.72 Å². The lowest BCUT2D eigenvalue weighted by atomic mass is 10.7. The van der Waals surface area contributed by atoms with Crippen LogP contribution in [-0.4, -0.2) is 33.8 Å². The molecule has 8 nitrogen and oxygen atoms in total. The van der Waals surface area contributed by atoms with Crippen LogP contribution in [0.2, 0.25) is 0 Å². The van der Waals surface area contributed by atoms with Crippen molar-refractivity contribution in [2.45, 2.75) is 11.8 Å². The zero-order chi connectivity index (χ0) is 10.9. The van der Waals surface area contributed by atoms with Crippen LogP contribution in [0.4, 0.5) is 5.95 Å². The zero-order valence-electron chi connectivity index (χ0n) is 7.72. The maximum absolute atomic E-state index is 11.6. The number of aromatic nitrogens is 5. The van der Waals surface area contributed by atoms with Crippen LogP contribution in [0.1, 0.15) is 5.82 Å². The third-order valence-corrected chi connectivity index (χ3v) is 2.90. The van der Waals surface area contributed by atoms with Gasteiger partial charge in [-0.2, -0.15) is 10.1 Å². The van der Waals surface area contributed by atoms with Crippen molar-refractivity contribution in [2.75, 3.05) is 4.72 Å². The van der Waals surface area contributed by atoms with E-state index in [-0.39, 0.29) is 10.8 Å². The predicted octanol–water partition coefficient (Wildman–Crippen LogP) is -0.363. The van der Waals surface area contributed by atoms with E-state index in [9.17, 15) is 8.42 Å². The number of anilines is 1. The molecule has 2 heterocycles. The molecule has 80 valence electrons. The molecule has 0 fully saturated rings. The fourth-order valence-corrected chi connectivity index (χ4v) is 1.80. The summed E-state index contributed by atoms with van der Waals surface area (Å²) in [7, 11) is -3.65. The number of rotatable bonds is 3. The molecule has 0 unspecified atom stereocenters. The first-order valence-corrected chi connectivity index (χ1v) is 5.47. The van der Waals surface area contributed by atoms with Crippen molar-refractivity contribution in [1.82, 2.24) is 25.4 Å². The summed E-state index contributed by atoms with van der Waals surface area (Å²) in [5, 5.41) is 12.1. The largest absolute Gasteiger partial charge is 0.284 e. The van der Waals surface area contributed by atoms with Crippen LogP contribution in [0.5, 0.6) is 0 Å². The van der Waals surface area contributed by atoms with Gasteiger partial charge in [-0.15, -0.1) is 5.10 Å². The van der Waals surface area contributed by atoms with E-state index in [0.717, 1.165) is 0 Å². The van der Waals surface area contributed by atoms with E-state index in [1.165, 1.54) is 12.4 Å². The average Bonchev–Trinajstić information content (AvgIpc) is 2.75. The molecule has 0 saturated carbocycles. The molecular weight excluding hydrogens is 220 g/mol. The summed E-state index contributed by atoms with van der Waals surface area (Å²) >= 11 is 0. The van der Waals surface area contributed by atoms with Gasteiger partial charge in [-0.25, -0.2) is 13.1 Å². The van der Waals surface area contributed by atoms with Gasteiger partial charge in [0.1, 0.15) is 10.7 Å². The molecule has 9 heteroatoms. The Morgan fingerprint density at radius 3 is 2.80 bits per heavy atom. The number of aromatic amines is 2. The average molecular weight is 228 g/mol. The van der Waals surface area contributed by atoms with E-state index in [1.807, 2.05) is 0 Å². The summed E-state index contributed by atoms with van der Waals surface area (Å²) in [4.78, 5) is 3.85. The second-order valence-electron chi connectivity index (χ2n) is 2.78. The van der Waals surface area contributed by atoms with Gasteiger partial charge in [0.05, 0.1) is 6.20 Å². The Balaban J connectivity index is 2.26. The lowest BCUT2D eigenvalue weighted by Crippen LogP contribution is -2.13. The number of nitrogens with one attached hydrogen (secondary N) is 3. The molecule has 0 aliphatic carbocycles. The highest BCUT2D eigenvalue weighted by Gasteiger charge is 2.17. The minimum Gasteiger partial charge on any atom is -0.284 e. The van der Waals surface area contributed by atoms with Crippen molar-refractivity contribution in [2.24, 2.45) is 0 Å². The van der Waals surface area contributed by atoms with Gasteiger partial charge in [0, 0.05) is 6.20 Å². The Labute approximate surface area is 85.2 Å². The van der Waals surface area contributed by atoms with E-state index < -0.39 is 10.0 Å². The smallest absolute Gasteiger partial charge is 0.267 e. The second-order valence-corrected chi connectivity index (χ2v) is 4.47. The van der Waals surface area contributed by atoms with Crippen molar-refractivity contribution < 1.29 is 8.42 Å². The molecule has 0 atom stereocenters. The van der Waals surface area contributed by atoms with Crippen LogP contribution in [0.15, 0.2) is 17.3 Å². The van der Waals surface area contributed by atoms with Crippen LogP contribution in [-0.2, 0) is 10.0 Å². The van der Waals surface area contributed by atoms with Gasteiger partial charge in [0.15, 0.2) is 0 Å². The summed E-state index contributed by atoms with van der Waals surface area (Å²) in [5.41, 5.74) is 0. The molecule has 0 radical (unpaired) electrons. The quantitative estimate of drug-likeness (QED) is 0.663. The van der Waals surface area contributed by atoms with Gasteiger partial charge in [-0.3, -0.25) is 10.2 Å².